The summed E-state index contributed by atoms with van der Waals surface area (Å²) in [5.41, 5.74) is 0. The van der Waals surface area contributed by atoms with E-state index in [9.17, 15) is 0 Å². The van der Waals surface area contributed by atoms with Crippen molar-refractivity contribution >= 4 is 12.4 Å². The zero-order valence-electron chi connectivity index (χ0n) is 13.9. The molecule has 0 atom stereocenters. The molecule has 5 heterocycles. The second kappa shape index (κ2) is 17.1. The molecule has 0 aromatic carbocycles. The molecule has 0 bridgehead atoms. The molecule has 0 saturated heterocycles. The zero-order valence-corrected chi connectivity index (χ0v) is 13.9. The van der Waals surface area contributed by atoms with Gasteiger partial charge >= 0.3 is 0 Å². The predicted molar refractivity (Wildman–Crippen MR) is 96.8 cm³/mol. The van der Waals surface area contributed by atoms with E-state index in [1.165, 1.54) is 6.42 Å². The van der Waals surface area contributed by atoms with Crippen molar-refractivity contribution in [3.05, 3.63) is 49.5 Å². The van der Waals surface area contributed by atoms with Crippen LogP contribution in [0.4, 0.5) is 0 Å². The van der Waals surface area contributed by atoms with E-state index in [1.54, 1.807) is 49.7 Å². The topological polar surface area (TPSA) is 132 Å². The summed E-state index contributed by atoms with van der Waals surface area (Å²) in [6.45, 7) is 2.69. The van der Waals surface area contributed by atoms with Crippen LogP contribution in [0.5, 0.6) is 0 Å². The van der Waals surface area contributed by atoms with Gasteiger partial charge in [-0.3, -0.25) is 5.10 Å². The fraction of sp³-hybridized carbons (Fsp3) is 0.333. The monoisotopic (exact) mass is 342 g/mol. The molecule has 10 nitrogen and oxygen atoms in total. The molecular weight excluding hydrogens is 320 g/mol. The van der Waals surface area contributed by atoms with E-state index in [4.69, 9.17) is 0 Å². The van der Waals surface area contributed by atoms with Gasteiger partial charge in [0.15, 0.2) is 0 Å². The molecule has 0 spiro atoms. The lowest BCUT2D eigenvalue weighted by Crippen LogP contribution is -1.68. The minimum atomic E-state index is 0.778. The van der Waals surface area contributed by atoms with Gasteiger partial charge in [0.25, 0.3) is 0 Å². The number of aromatic nitrogens is 4. The highest BCUT2D eigenvalue weighted by Gasteiger charge is 1.87. The molecule has 25 heavy (non-hydrogen) atoms. The highest BCUT2D eigenvalue weighted by molar-refractivity contribution is 5.82. The Morgan fingerprint density at radius 3 is 1.92 bits per heavy atom. The van der Waals surface area contributed by atoms with Crippen LogP contribution in [0, 0.1) is 0 Å². The first kappa shape index (κ1) is 19.7. The van der Waals surface area contributed by atoms with Gasteiger partial charge in [0.2, 0.25) is 0 Å². The maximum absolute atomic E-state index is 3.71. The van der Waals surface area contributed by atoms with E-state index < -0.39 is 0 Å². The predicted octanol–water partition coefficient (Wildman–Crippen LogP) is 3.07. The van der Waals surface area contributed by atoms with Crippen molar-refractivity contribution < 1.29 is 0 Å². The van der Waals surface area contributed by atoms with Crippen molar-refractivity contribution in [2.24, 2.45) is 30.7 Å². The molecule has 0 saturated carbocycles. The van der Waals surface area contributed by atoms with E-state index in [1.807, 2.05) is 12.1 Å². The van der Waals surface area contributed by atoms with Gasteiger partial charge in [-0.15, -0.1) is 0 Å². The molecule has 3 aliphatic heterocycles. The molecule has 2 N–H and O–H groups in total. The molecule has 0 amide bonds. The van der Waals surface area contributed by atoms with Crippen molar-refractivity contribution in [1.82, 2.24) is 20.2 Å². The van der Waals surface area contributed by atoms with Gasteiger partial charge < -0.3 is 4.98 Å². The average molecular weight is 342 g/mol. The van der Waals surface area contributed by atoms with E-state index in [0.717, 1.165) is 26.1 Å². The van der Waals surface area contributed by atoms with E-state index in [-0.39, 0.29) is 0 Å². The first-order valence-electron chi connectivity index (χ1n) is 7.75. The van der Waals surface area contributed by atoms with Crippen molar-refractivity contribution in [2.75, 3.05) is 19.6 Å². The van der Waals surface area contributed by atoms with E-state index >= 15 is 0 Å². The number of aromatic amines is 2. The molecule has 10 heteroatoms. The number of azo groups is 2. The maximum atomic E-state index is 3.71. The number of hydrogen-bond donors (Lipinski definition) is 2. The van der Waals surface area contributed by atoms with Crippen LogP contribution >= 0.6 is 0 Å². The Labute approximate surface area is 146 Å². The molecule has 5 rings (SSSR count). The Bertz CT molecular complexity index is 502. The average Bonchev–Trinajstić information content (AvgIpc) is 3.55. The Balaban J connectivity index is 0.000000156. The van der Waals surface area contributed by atoms with Gasteiger partial charge in [0.05, 0.1) is 26.0 Å². The summed E-state index contributed by atoms with van der Waals surface area (Å²) in [5.74, 6) is 0. The summed E-state index contributed by atoms with van der Waals surface area (Å²) in [6, 6.07) is 1.83. The summed E-state index contributed by atoms with van der Waals surface area (Å²) in [4.78, 5) is 6.42. The van der Waals surface area contributed by atoms with Gasteiger partial charge in [0.1, 0.15) is 0 Å². The highest BCUT2D eigenvalue weighted by Crippen LogP contribution is 1.91. The Hall–Kier alpha value is -3.30. The van der Waals surface area contributed by atoms with Gasteiger partial charge in [0, 0.05) is 49.8 Å². The molecule has 0 aliphatic carbocycles. The Morgan fingerprint density at radius 1 is 0.880 bits per heavy atom. The number of nitrogens with one attached hydrogen (secondary N) is 2. The largest absolute Gasteiger partial charge is 0.351 e. The van der Waals surface area contributed by atoms with Gasteiger partial charge in [-0.2, -0.15) is 35.8 Å². The summed E-state index contributed by atoms with van der Waals surface area (Å²) in [7, 11) is 0. The second-order valence-corrected chi connectivity index (χ2v) is 4.27. The van der Waals surface area contributed by atoms with Crippen molar-refractivity contribution in [3.8, 4) is 0 Å². The number of hydrogen-bond acceptors (Lipinski definition) is 8. The van der Waals surface area contributed by atoms with Crippen LogP contribution in [0.25, 0.3) is 0 Å². The lowest BCUT2D eigenvalue weighted by atomic mass is 10.5. The SMILES string of the molecule is C1=CN=NC1.C1=NN=CC1.C1CN=NC1.c1c[nH]cn1.c1cn[nH]c1. The lowest BCUT2D eigenvalue weighted by Gasteiger charge is -1.63. The quantitative estimate of drug-likeness (QED) is 0.761. The molecule has 0 unspecified atom stereocenters. The molecule has 0 fully saturated rings. The third kappa shape index (κ3) is 15.4. The summed E-state index contributed by atoms with van der Waals surface area (Å²) in [6.07, 6.45) is 17.8. The van der Waals surface area contributed by atoms with Gasteiger partial charge in [-0.25, -0.2) is 4.98 Å². The smallest absolute Gasteiger partial charge is 0.0919 e. The van der Waals surface area contributed by atoms with E-state index in [0.29, 0.717) is 0 Å². The molecule has 2 aromatic rings. The number of H-pyrrole nitrogens is 2. The van der Waals surface area contributed by atoms with Crippen LogP contribution < -0.4 is 0 Å². The van der Waals surface area contributed by atoms with Crippen molar-refractivity contribution in [2.45, 2.75) is 12.8 Å². The van der Waals surface area contributed by atoms with Gasteiger partial charge in [-0.05, 0) is 18.6 Å². The van der Waals surface area contributed by atoms with E-state index in [2.05, 4.69) is 50.8 Å². The first-order chi connectivity index (χ1) is 12.5. The number of imidazole rings is 1. The summed E-state index contributed by atoms with van der Waals surface area (Å²) in [5, 5.41) is 27.8. The first-order valence-corrected chi connectivity index (χ1v) is 7.75. The fourth-order valence-electron chi connectivity index (χ4n) is 1.26. The Morgan fingerprint density at radius 2 is 1.72 bits per heavy atom. The minimum absolute atomic E-state index is 0.778. The third-order valence-electron chi connectivity index (χ3n) is 2.31. The summed E-state index contributed by atoms with van der Waals surface area (Å²) < 4.78 is 0. The second-order valence-electron chi connectivity index (χ2n) is 4.27. The van der Waals surface area contributed by atoms with Crippen LogP contribution in [0.3, 0.4) is 0 Å². The molecular formula is C15H22N10. The minimum Gasteiger partial charge on any atom is -0.351 e. The standard InChI is InChI=1S/C3H4N2.C3H6N2.3C3H4N2/c1-2-5-3-4-1;4*1-2-4-5-3-1/h1-3H,(H,4,5);1-3H2;2-3H,1H2;1-2H,3H2;1-3H,(H,4,5). The Kier molecular flexibility index (Phi) is 13.5. The van der Waals surface area contributed by atoms with Crippen LogP contribution in [0.2, 0.25) is 0 Å². The summed E-state index contributed by atoms with van der Waals surface area (Å²) >= 11 is 0. The highest BCUT2D eigenvalue weighted by atomic mass is 15.2. The molecule has 3 aliphatic rings. The number of nitrogens with zero attached hydrogens (tertiary/aromatic N) is 8. The van der Waals surface area contributed by atoms with Crippen LogP contribution in [0.1, 0.15) is 12.8 Å². The molecule has 2 aromatic heterocycles. The zero-order chi connectivity index (χ0) is 17.7. The normalized spacial score (nSPS) is 14.4. The van der Waals surface area contributed by atoms with Crippen molar-refractivity contribution in [1.29, 1.82) is 0 Å². The van der Waals surface area contributed by atoms with Crippen molar-refractivity contribution in [3.63, 3.8) is 0 Å². The van der Waals surface area contributed by atoms with Crippen LogP contribution in [0.15, 0.2) is 80.1 Å². The number of rotatable bonds is 0. The van der Waals surface area contributed by atoms with Crippen LogP contribution in [-0.4, -0.2) is 52.2 Å². The van der Waals surface area contributed by atoms with Gasteiger partial charge in [-0.1, -0.05) is 0 Å². The molecule has 0 radical (unpaired) electrons. The maximum Gasteiger partial charge on any atom is 0.0919 e. The lowest BCUT2D eigenvalue weighted by molar-refractivity contribution is 0.979. The fourth-order valence-corrected chi connectivity index (χ4v) is 1.26. The third-order valence-corrected chi connectivity index (χ3v) is 2.31. The van der Waals surface area contributed by atoms with Crippen LogP contribution in [-0.2, 0) is 0 Å². The molecule has 132 valence electrons.